The van der Waals surface area contributed by atoms with Gasteiger partial charge in [-0.15, -0.1) is 23.2 Å². The number of benzene rings is 1. The summed E-state index contributed by atoms with van der Waals surface area (Å²) < 4.78 is 4.98. The second-order valence-corrected chi connectivity index (χ2v) is 5.69. The van der Waals surface area contributed by atoms with E-state index >= 15 is 0 Å². The molecule has 5 heteroatoms. The number of carbonyl (C=O) groups excluding carboxylic acids is 1. The summed E-state index contributed by atoms with van der Waals surface area (Å²) in [4.78, 5) is 11.0. The van der Waals surface area contributed by atoms with Crippen molar-refractivity contribution in [3.8, 4) is 5.75 Å². The molecule has 0 unspecified atom stereocenters. The van der Waals surface area contributed by atoms with Gasteiger partial charge in [0.05, 0.1) is 12.3 Å². The average Bonchev–Trinajstić information content (AvgIpc) is 2.84. The SMILES string of the molecule is CC(=O)Nc1ccccc1OC[C@@H]1CC1(Cl)Cl. The summed E-state index contributed by atoms with van der Waals surface area (Å²) in [6.07, 6.45) is 0.748. The Kier molecular flexibility index (Phi) is 3.50. The van der Waals surface area contributed by atoms with Crippen molar-refractivity contribution in [1.29, 1.82) is 0 Å². The van der Waals surface area contributed by atoms with Crippen LogP contribution in [-0.2, 0) is 4.79 Å². The van der Waals surface area contributed by atoms with Crippen molar-refractivity contribution in [2.75, 3.05) is 11.9 Å². The van der Waals surface area contributed by atoms with Crippen molar-refractivity contribution in [3.05, 3.63) is 24.3 Å². The molecule has 1 saturated carbocycles. The molecular formula is C12H13Cl2NO2. The number of hydrogen-bond donors (Lipinski definition) is 1. The maximum Gasteiger partial charge on any atom is 0.221 e. The first kappa shape index (κ1) is 12.5. The second-order valence-electron chi connectivity index (χ2n) is 4.15. The molecule has 1 aromatic rings. The van der Waals surface area contributed by atoms with Crippen LogP contribution in [0.3, 0.4) is 0 Å². The van der Waals surface area contributed by atoms with Crippen molar-refractivity contribution >= 4 is 34.8 Å². The van der Waals surface area contributed by atoms with Crippen LogP contribution in [0.4, 0.5) is 5.69 Å². The van der Waals surface area contributed by atoms with Crippen LogP contribution in [0.5, 0.6) is 5.75 Å². The lowest BCUT2D eigenvalue weighted by Crippen LogP contribution is -2.10. The van der Waals surface area contributed by atoms with Gasteiger partial charge in [-0.3, -0.25) is 4.79 Å². The van der Waals surface area contributed by atoms with Crippen LogP contribution in [0.15, 0.2) is 24.3 Å². The molecule has 1 atom stereocenters. The Morgan fingerprint density at radius 2 is 2.18 bits per heavy atom. The number of anilines is 1. The lowest BCUT2D eigenvalue weighted by molar-refractivity contribution is -0.114. The smallest absolute Gasteiger partial charge is 0.221 e. The zero-order valence-corrected chi connectivity index (χ0v) is 10.9. The number of rotatable bonds is 4. The van der Waals surface area contributed by atoms with Gasteiger partial charge in [-0.05, 0) is 18.6 Å². The maximum atomic E-state index is 11.0. The highest BCUT2D eigenvalue weighted by atomic mass is 35.5. The third-order valence-corrected chi connectivity index (χ3v) is 3.52. The maximum absolute atomic E-state index is 11.0. The van der Waals surface area contributed by atoms with E-state index in [9.17, 15) is 4.79 Å². The van der Waals surface area contributed by atoms with E-state index in [4.69, 9.17) is 27.9 Å². The number of ether oxygens (including phenoxy) is 1. The van der Waals surface area contributed by atoms with Crippen molar-refractivity contribution in [3.63, 3.8) is 0 Å². The van der Waals surface area contributed by atoms with Gasteiger partial charge in [-0.25, -0.2) is 0 Å². The van der Waals surface area contributed by atoms with Crippen molar-refractivity contribution in [1.82, 2.24) is 0 Å². The first-order valence-electron chi connectivity index (χ1n) is 5.36. The number of carbonyl (C=O) groups is 1. The van der Waals surface area contributed by atoms with E-state index in [1.165, 1.54) is 6.92 Å². The summed E-state index contributed by atoms with van der Waals surface area (Å²) in [7, 11) is 0. The quantitative estimate of drug-likeness (QED) is 0.856. The molecule has 1 amide bonds. The van der Waals surface area contributed by atoms with Gasteiger partial charge in [0.1, 0.15) is 10.1 Å². The van der Waals surface area contributed by atoms with Gasteiger partial charge < -0.3 is 10.1 Å². The molecule has 17 heavy (non-hydrogen) atoms. The van der Waals surface area contributed by atoms with E-state index in [0.717, 1.165) is 6.42 Å². The molecule has 2 rings (SSSR count). The Bertz CT molecular complexity index is 434. The number of nitrogens with one attached hydrogen (secondary N) is 1. The molecule has 1 N–H and O–H groups in total. The Labute approximate surface area is 110 Å². The van der Waals surface area contributed by atoms with E-state index in [1.807, 2.05) is 12.1 Å². The fourth-order valence-corrected chi connectivity index (χ4v) is 2.02. The van der Waals surface area contributed by atoms with E-state index in [-0.39, 0.29) is 11.8 Å². The topological polar surface area (TPSA) is 38.3 Å². The van der Waals surface area contributed by atoms with Crippen LogP contribution in [0.2, 0.25) is 0 Å². The summed E-state index contributed by atoms with van der Waals surface area (Å²) >= 11 is 11.8. The molecule has 1 aromatic carbocycles. The van der Waals surface area contributed by atoms with E-state index in [1.54, 1.807) is 12.1 Å². The molecule has 1 aliphatic rings. The minimum absolute atomic E-state index is 0.128. The van der Waals surface area contributed by atoms with Gasteiger partial charge >= 0.3 is 0 Å². The summed E-state index contributed by atoms with van der Waals surface area (Å²) in [5, 5.41) is 2.71. The minimum Gasteiger partial charge on any atom is -0.491 e. The summed E-state index contributed by atoms with van der Waals surface area (Å²) in [6, 6.07) is 7.28. The second kappa shape index (κ2) is 4.75. The normalized spacial score (nSPS) is 20.8. The van der Waals surface area contributed by atoms with Crippen LogP contribution in [-0.4, -0.2) is 16.8 Å². The molecule has 92 valence electrons. The van der Waals surface area contributed by atoms with Gasteiger partial charge in [-0.1, -0.05) is 12.1 Å². The molecule has 1 fully saturated rings. The predicted octanol–water partition coefficient (Wildman–Crippen LogP) is 3.22. The standard InChI is InChI=1S/C12H13Cl2NO2/c1-8(16)15-10-4-2-3-5-11(10)17-7-9-6-12(9,13)14/h2-5,9H,6-7H2,1H3,(H,15,16)/t9-/m0/s1. The summed E-state index contributed by atoms with van der Waals surface area (Å²) in [6.45, 7) is 1.92. The zero-order valence-electron chi connectivity index (χ0n) is 9.37. The van der Waals surface area contributed by atoms with Gasteiger partial charge in [0, 0.05) is 12.8 Å². The van der Waals surface area contributed by atoms with Crippen LogP contribution in [0.1, 0.15) is 13.3 Å². The Hall–Kier alpha value is -0.930. The predicted molar refractivity (Wildman–Crippen MR) is 68.8 cm³/mol. The Morgan fingerprint density at radius 1 is 1.53 bits per heavy atom. The highest BCUT2D eigenvalue weighted by Crippen LogP contribution is 2.53. The Balaban J connectivity index is 1.98. The largest absolute Gasteiger partial charge is 0.491 e. The number of amides is 1. The van der Waals surface area contributed by atoms with Crippen molar-refractivity contribution in [2.45, 2.75) is 17.7 Å². The van der Waals surface area contributed by atoms with Gasteiger partial charge in [0.2, 0.25) is 5.91 Å². The monoisotopic (exact) mass is 273 g/mol. The van der Waals surface area contributed by atoms with Gasteiger partial charge in [-0.2, -0.15) is 0 Å². The fraction of sp³-hybridized carbons (Fsp3) is 0.417. The van der Waals surface area contributed by atoms with Gasteiger partial charge in [0.15, 0.2) is 0 Å². The summed E-state index contributed by atoms with van der Waals surface area (Å²) in [5.74, 6) is 0.673. The molecular weight excluding hydrogens is 261 g/mol. The van der Waals surface area contributed by atoms with Crippen LogP contribution >= 0.6 is 23.2 Å². The van der Waals surface area contributed by atoms with Crippen molar-refractivity contribution in [2.24, 2.45) is 5.92 Å². The molecule has 3 nitrogen and oxygen atoms in total. The van der Waals surface area contributed by atoms with E-state index < -0.39 is 4.33 Å². The molecule has 0 bridgehead atoms. The van der Waals surface area contributed by atoms with Crippen LogP contribution in [0.25, 0.3) is 0 Å². The lowest BCUT2D eigenvalue weighted by atomic mass is 10.3. The fourth-order valence-electron chi connectivity index (χ4n) is 1.53. The molecule has 1 aliphatic carbocycles. The van der Waals surface area contributed by atoms with Crippen LogP contribution in [0, 0.1) is 5.92 Å². The highest BCUT2D eigenvalue weighted by molar-refractivity contribution is 6.50. The number of halogens is 2. The van der Waals surface area contributed by atoms with Gasteiger partial charge in [0.25, 0.3) is 0 Å². The van der Waals surface area contributed by atoms with Crippen LogP contribution < -0.4 is 10.1 Å². The first-order chi connectivity index (χ1) is 7.99. The Morgan fingerprint density at radius 3 is 2.76 bits per heavy atom. The third kappa shape index (κ3) is 3.27. The average molecular weight is 274 g/mol. The zero-order chi connectivity index (χ0) is 12.5. The number of hydrogen-bond acceptors (Lipinski definition) is 2. The lowest BCUT2D eigenvalue weighted by Gasteiger charge is -2.11. The molecule has 0 aliphatic heterocycles. The highest BCUT2D eigenvalue weighted by Gasteiger charge is 2.52. The first-order valence-corrected chi connectivity index (χ1v) is 6.12. The molecule has 0 heterocycles. The number of para-hydroxylation sites is 2. The molecule has 0 spiro atoms. The van der Waals surface area contributed by atoms with Crippen molar-refractivity contribution < 1.29 is 9.53 Å². The summed E-state index contributed by atoms with van der Waals surface area (Å²) in [5.41, 5.74) is 0.662. The molecule has 0 radical (unpaired) electrons. The van der Waals surface area contributed by atoms with E-state index in [0.29, 0.717) is 18.0 Å². The molecule has 0 aromatic heterocycles. The van der Waals surface area contributed by atoms with E-state index in [2.05, 4.69) is 5.32 Å². The minimum atomic E-state index is -0.636. The number of alkyl halides is 2. The third-order valence-electron chi connectivity index (χ3n) is 2.59. The molecule has 0 saturated heterocycles.